The topological polar surface area (TPSA) is 117 Å². The average molecular weight is 401 g/mol. The van der Waals surface area contributed by atoms with Crippen molar-refractivity contribution in [2.45, 2.75) is 34.1 Å². The smallest absolute Gasteiger partial charge is 0.341 e. The fraction of sp³-hybridized carbons (Fsp3) is 0.400. The number of oxazole rings is 1. The number of ether oxygens (including phenoxy) is 3. The molecule has 3 rings (SSSR count). The maximum atomic E-state index is 10.8. The van der Waals surface area contributed by atoms with Crippen LogP contribution in [-0.2, 0) is 4.79 Å². The van der Waals surface area contributed by atoms with E-state index in [9.17, 15) is 4.79 Å². The number of aromatic nitrogens is 3. The summed E-state index contributed by atoms with van der Waals surface area (Å²) in [6.07, 6.45) is 0.816. The van der Waals surface area contributed by atoms with Gasteiger partial charge in [0.1, 0.15) is 5.75 Å². The van der Waals surface area contributed by atoms with Crippen molar-refractivity contribution in [1.29, 1.82) is 0 Å². The molecule has 29 heavy (non-hydrogen) atoms. The number of aryl methyl sites for hydroxylation is 2. The molecule has 2 aromatic heterocycles. The summed E-state index contributed by atoms with van der Waals surface area (Å²) in [7, 11) is 0. The fourth-order valence-electron chi connectivity index (χ4n) is 2.83. The summed E-state index contributed by atoms with van der Waals surface area (Å²) < 4.78 is 22.3. The van der Waals surface area contributed by atoms with Gasteiger partial charge in [0.15, 0.2) is 12.1 Å². The van der Waals surface area contributed by atoms with Crippen molar-refractivity contribution in [2.24, 2.45) is 0 Å². The number of benzene rings is 1. The maximum Gasteiger partial charge on any atom is 0.341 e. The minimum atomic E-state index is -1.03. The molecule has 3 aromatic rings. The van der Waals surface area contributed by atoms with Crippen LogP contribution in [0.15, 0.2) is 16.5 Å². The Kier molecular flexibility index (Phi) is 6.16. The summed E-state index contributed by atoms with van der Waals surface area (Å²) in [6, 6.07) is 3.80. The fourth-order valence-corrected chi connectivity index (χ4v) is 2.83. The predicted octanol–water partition coefficient (Wildman–Crippen LogP) is 3.55. The van der Waals surface area contributed by atoms with Crippen LogP contribution in [-0.4, -0.2) is 45.8 Å². The van der Waals surface area contributed by atoms with E-state index in [2.05, 4.69) is 15.0 Å². The molecule has 9 nitrogen and oxygen atoms in total. The van der Waals surface area contributed by atoms with Crippen molar-refractivity contribution >= 4 is 17.2 Å². The summed E-state index contributed by atoms with van der Waals surface area (Å²) in [4.78, 5) is 23.8. The Hall–Kier alpha value is -3.36. The SMILES string of the molecule is CCCOc1nc(OCC)nc2oc(-c3cc(C)c(OCC(=O)O)c(C)c3)nc12. The first-order chi connectivity index (χ1) is 13.9. The molecule has 9 heteroatoms. The first-order valence-corrected chi connectivity index (χ1v) is 9.33. The van der Waals surface area contributed by atoms with Crippen molar-refractivity contribution < 1.29 is 28.5 Å². The molecule has 0 spiro atoms. The molecule has 0 bridgehead atoms. The van der Waals surface area contributed by atoms with E-state index in [-0.39, 0.29) is 11.7 Å². The average Bonchev–Trinajstić information content (AvgIpc) is 3.09. The van der Waals surface area contributed by atoms with Crippen LogP contribution < -0.4 is 14.2 Å². The van der Waals surface area contributed by atoms with Crippen LogP contribution >= 0.6 is 0 Å². The number of carboxylic acid groups (broad SMARTS) is 1. The number of hydrogen-bond donors (Lipinski definition) is 1. The zero-order valence-corrected chi connectivity index (χ0v) is 16.8. The van der Waals surface area contributed by atoms with Gasteiger partial charge in [-0.2, -0.15) is 9.97 Å². The molecule has 0 aliphatic heterocycles. The summed E-state index contributed by atoms with van der Waals surface area (Å²) in [5.74, 6) is 0.151. The van der Waals surface area contributed by atoms with Crippen molar-refractivity contribution in [1.82, 2.24) is 15.0 Å². The van der Waals surface area contributed by atoms with Crippen LogP contribution in [0.4, 0.5) is 0 Å². The summed E-state index contributed by atoms with van der Waals surface area (Å²) >= 11 is 0. The van der Waals surface area contributed by atoms with Gasteiger partial charge in [0.2, 0.25) is 5.89 Å². The van der Waals surface area contributed by atoms with Gasteiger partial charge in [-0.3, -0.25) is 0 Å². The Morgan fingerprint density at radius 1 is 1.07 bits per heavy atom. The standard InChI is InChI=1S/C20H23N3O6/c1-5-7-27-18-15-19(23-20(22-18)26-6-2)29-17(21-15)13-8-11(3)16(12(4)9-13)28-10-14(24)25/h8-9H,5-7,10H2,1-4H3,(H,24,25). The van der Waals surface area contributed by atoms with E-state index in [0.717, 1.165) is 17.5 Å². The lowest BCUT2D eigenvalue weighted by atomic mass is 10.1. The van der Waals surface area contributed by atoms with Gasteiger partial charge < -0.3 is 23.7 Å². The summed E-state index contributed by atoms with van der Waals surface area (Å²) in [6.45, 7) is 7.99. The van der Waals surface area contributed by atoms with E-state index in [1.807, 2.05) is 39.8 Å². The monoisotopic (exact) mass is 401 g/mol. The van der Waals surface area contributed by atoms with E-state index in [4.69, 9.17) is 23.7 Å². The van der Waals surface area contributed by atoms with Gasteiger partial charge in [0, 0.05) is 5.56 Å². The number of rotatable bonds is 9. The highest BCUT2D eigenvalue weighted by Crippen LogP contribution is 2.33. The molecule has 1 N–H and O–H groups in total. The van der Waals surface area contributed by atoms with Crippen molar-refractivity contribution in [2.75, 3.05) is 19.8 Å². The molecule has 0 aliphatic rings. The minimum absolute atomic E-state index is 0.165. The van der Waals surface area contributed by atoms with E-state index < -0.39 is 12.6 Å². The van der Waals surface area contributed by atoms with Crippen LogP contribution in [0.25, 0.3) is 22.7 Å². The van der Waals surface area contributed by atoms with Crippen molar-refractivity contribution in [3.05, 3.63) is 23.3 Å². The molecule has 0 fully saturated rings. The zero-order chi connectivity index (χ0) is 21.0. The second-order valence-corrected chi connectivity index (χ2v) is 6.39. The number of carbonyl (C=O) groups is 1. The Balaban J connectivity index is 2.02. The number of aliphatic carboxylic acids is 1. The quantitative estimate of drug-likeness (QED) is 0.574. The van der Waals surface area contributed by atoms with E-state index in [0.29, 0.717) is 41.8 Å². The number of hydrogen-bond acceptors (Lipinski definition) is 8. The molecule has 0 aliphatic carbocycles. The van der Waals surface area contributed by atoms with Gasteiger partial charge in [-0.05, 0) is 50.5 Å². The van der Waals surface area contributed by atoms with E-state index in [1.165, 1.54) is 0 Å². The Morgan fingerprint density at radius 2 is 1.79 bits per heavy atom. The Bertz CT molecular complexity index is 1010. The van der Waals surface area contributed by atoms with Crippen LogP contribution in [0.5, 0.6) is 17.6 Å². The van der Waals surface area contributed by atoms with Crippen LogP contribution in [0.1, 0.15) is 31.4 Å². The molecule has 0 atom stereocenters. The van der Waals surface area contributed by atoms with Crippen LogP contribution in [0, 0.1) is 13.8 Å². The largest absolute Gasteiger partial charge is 0.481 e. The zero-order valence-electron chi connectivity index (χ0n) is 16.8. The van der Waals surface area contributed by atoms with Crippen molar-refractivity contribution in [3.63, 3.8) is 0 Å². The lowest BCUT2D eigenvalue weighted by Gasteiger charge is -2.11. The lowest BCUT2D eigenvalue weighted by molar-refractivity contribution is -0.139. The molecule has 0 amide bonds. The molecule has 0 saturated carbocycles. The second kappa shape index (κ2) is 8.76. The third-order valence-electron chi connectivity index (χ3n) is 3.97. The summed E-state index contributed by atoms with van der Waals surface area (Å²) in [5.41, 5.74) is 2.93. The Morgan fingerprint density at radius 3 is 2.41 bits per heavy atom. The van der Waals surface area contributed by atoms with Gasteiger partial charge in [-0.25, -0.2) is 9.78 Å². The van der Waals surface area contributed by atoms with Gasteiger partial charge in [0.05, 0.1) is 13.2 Å². The normalized spacial score (nSPS) is 10.9. The molecule has 0 radical (unpaired) electrons. The highest BCUT2D eigenvalue weighted by Gasteiger charge is 2.19. The van der Waals surface area contributed by atoms with Gasteiger partial charge in [-0.1, -0.05) is 6.92 Å². The predicted molar refractivity (Wildman–Crippen MR) is 105 cm³/mol. The van der Waals surface area contributed by atoms with Gasteiger partial charge >= 0.3 is 12.0 Å². The van der Waals surface area contributed by atoms with Crippen molar-refractivity contribution in [3.8, 4) is 29.1 Å². The molecular weight excluding hydrogens is 378 g/mol. The number of fused-ring (bicyclic) bond motifs is 1. The molecule has 0 saturated heterocycles. The number of carboxylic acids is 1. The molecule has 0 unspecified atom stereocenters. The third-order valence-corrected chi connectivity index (χ3v) is 3.97. The van der Waals surface area contributed by atoms with Gasteiger partial charge in [0.25, 0.3) is 11.6 Å². The molecular formula is C20H23N3O6. The van der Waals surface area contributed by atoms with E-state index >= 15 is 0 Å². The lowest BCUT2D eigenvalue weighted by Crippen LogP contribution is -2.10. The number of nitrogens with zero attached hydrogens (tertiary/aromatic N) is 3. The molecule has 2 heterocycles. The van der Waals surface area contributed by atoms with Gasteiger partial charge in [-0.15, -0.1) is 0 Å². The van der Waals surface area contributed by atoms with Crippen LogP contribution in [0.2, 0.25) is 0 Å². The first-order valence-electron chi connectivity index (χ1n) is 9.33. The first kappa shape index (κ1) is 20.4. The second-order valence-electron chi connectivity index (χ2n) is 6.39. The minimum Gasteiger partial charge on any atom is -0.481 e. The highest BCUT2D eigenvalue weighted by molar-refractivity contribution is 5.78. The van der Waals surface area contributed by atoms with Crippen LogP contribution in [0.3, 0.4) is 0 Å². The molecule has 1 aromatic carbocycles. The Labute approximate surface area is 167 Å². The van der Waals surface area contributed by atoms with E-state index in [1.54, 1.807) is 0 Å². The summed E-state index contributed by atoms with van der Waals surface area (Å²) in [5, 5.41) is 8.83. The highest BCUT2D eigenvalue weighted by atomic mass is 16.5. The third kappa shape index (κ3) is 4.56. The maximum absolute atomic E-state index is 10.8. The molecule has 154 valence electrons.